The first-order valence-electron chi connectivity index (χ1n) is 3.86. The first-order chi connectivity index (χ1) is 5.41. The van der Waals surface area contributed by atoms with Crippen LogP contribution in [0, 0.1) is 5.41 Å². The fourth-order valence-electron chi connectivity index (χ4n) is 1.66. The second-order valence-corrected chi connectivity index (χ2v) is 3.38. The van der Waals surface area contributed by atoms with Gasteiger partial charge in [0.1, 0.15) is 0 Å². The topological polar surface area (TPSA) is 46.2 Å². The van der Waals surface area contributed by atoms with Crippen molar-refractivity contribution in [3.8, 4) is 0 Å². The van der Waals surface area contributed by atoms with Crippen LogP contribution in [-0.4, -0.2) is 23.9 Å². The van der Waals surface area contributed by atoms with Gasteiger partial charge in [0.2, 0.25) is 0 Å². The molecule has 1 aliphatic carbocycles. The lowest BCUT2D eigenvalue weighted by Gasteiger charge is -2.29. The molecule has 1 aliphatic rings. The summed E-state index contributed by atoms with van der Waals surface area (Å²) in [6.07, 6.45) is -5.20. The van der Waals surface area contributed by atoms with Gasteiger partial charge in [0.05, 0.1) is 11.5 Å². The first-order valence-corrected chi connectivity index (χ1v) is 3.86. The van der Waals surface area contributed by atoms with Crippen molar-refractivity contribution >= 4 is 0 Å². The molecule has 72 valence electrons. The number of hydrogen-bond acceptors (Lipinski definition) is 2. The number of aliphatic hydroxyl groups is 1. The van der Waals surface area contributed by atoms with Crippen molar-refractivity contribution in [3.05, 3.63) is 0 Å². The molecule has 0 aromatic carbocycles. The zero-order valence-corrected chi connectivity index (χ0v) is 6.56. The second-order valence-electron chi connectivity index (χ2n) is 3.38. The number of rotatable bonds is 1. The molecule has 5 heteroatoms. The molecule has 0 saturated heterocycles. The third-order valence-electron chi connectivity index (χ3n) is 2.57. The highest BCUT2D eigenvalue weighted by Crippen LogP contribution is 2.49. The zero-order valence-electron chi connectivity index (χ0n) is 6.56. The summed E-state index contributed by atoms with van der Waals surface area (Å²) >= 11 is 0. The molecular formula is C7H12F3NO. The number of nitrogens with two attached hydrogens (primary N) is 1. The number of halogens is 3. The summed E-state index contributed by atoms with van der Waals surface area (Å²) in [7, 11) is 0. The van der Waals surface area contributed by atoms with Gasteiger partial charge in [-0.05, 0) is 19.3 Å². The van der Waals surface area contributed by atoms with E-state index < -0.39 is 24.2 Å². The van der Waals surface area contributed by atoms with Crippen molar-refractivity contribution in [2.45, 2.75) is 31.5 Å². The van der Waals surface area contributed by atoms with E-state index >= 15 is 0 Å². The molecule has 0 aliphatic heterocycles. The predicted molar refractivity (Wildman–Crippen MR) is 37.4 cm³/mol. The third-order valence-corrected chi connectivity index (χ3v) is 2.57. The fraction of sp³-hybridized carbons (Fsp3) is 1.00. The largest absolute Gasteiger partial charge is 0.395 e. The standard InChI is InChI=1S/C7H12F3NO/c8-7(9,10)6(4-11)2-1-5(12)3-6/h5,12H,1-4,11H2/t5-,6-/m0/s1. The SMILES string of the molecule is NC[C@]1(C(F)(F)F)CC[C@H](O)C1. The van der Waals surface area contributed by atoms with Crippen LogP contribution in [0.1, 0.15) is 19.3 Å². The Labute approximate surface area is 68.6 Å². The minimum absolute atomic E-state index is 0.0475. The lowest BCUT2D eigenvalue weighted by molar-refractivity contribution is -0.220. The van der Waals surface area contributed by atoms with Crippen LogP contribution in [0.25, 0.3) is 0 Å². The summed E-state index contributed by atoms with van der Waals surface area (Å²) in [6, 6.07) is 0. The van der Waals surface area contributed by atoms with E-state index in [9.17, 15) is 13.2 Å². The summed E-state index contributed by atoms with van der Waals surface area (Å²) < 4.78 is 37.2. The van der Waals surface area contributed by atoms with E-state index in [0.717, 1.165) is 0 Å². The van der Waals surface area contributed by atoms with Crippen LogP contribution in [0.3, 0.4) is 0 Å². The molecule has 1 saturated carbocycles. The smallest absolute Gasteiger partial charge is 0.393 e. The van der Waals surface area contributed by atoms with Gasteiger partial charge in [-0.15, -0.1) is 0 Å². The van der Waals surface area contributed by atoms with E-state index in [0.29, 0.717) is 0 Å². The van der Waals surface area contributed by atoms with E-state index in [1.807, 2.05) is 0 Å². The molecule has 0 amide bonds. The highest BCUT2D eigenvalue weighted by molar-refractivity contribution is 4.95. The maximum Gasteiger partial charge on any atom is 0.395 e. The number of alkyl halides is 3. The molecule has 1 rings (SSSR count). The van der Waals surface area contributed by atoms with Crippen LogP contribution in [-0.2, 0) is 0 Å². The van der Waals surface area contributed by atoms with Gasteiger partial charge in [-0.2, -0.15) is 13.2 Å². The van der Waals surface area contributed by atoms with E-state index in [2.05, 4.69) is 0 Å². The number of aliphatic hydroxyl groups excluding tert-OH is 1. The highest BCUT2D eigenvalue weighted by Gasteiger charge is 2.56. The lowest BCUT2D eigenvalue weighted by atomic mass is 9.85. The molecule has 0 heterocycles. The van der Waals surface area contributed by atoms with Crippen molar-refractivity contribution < 1.29 is 18.3 Å². The molecule has 12 heavy (non-hydrogen) atoms. The lowest BCUT2D eigenvalue weighted by Crippen LogP contribution is -2.42. The average Bonchev–Trinajstić information content (AvgIpc) is 2.31. The molecule has 2 nitrogen and oxygen atoms in total. The van der Waals surface area contributed by atoms with Crippen molar-refractivity contribution in [1.29, 1.82) is 0 Å². The summed E-state index contributed by atoms with van der Waals surface area (Å²) in [5, 5.41) is 9.00. The van der Waals surface area contributed by atoms with Gasteiger partial charge in [-0.1, -0.05) is 0 Å². The minimum Gasteiger partial charge on any atom is -0.393 e. The van der Waals surface area contributed by atoms with Crippen LogP contribution in [0.4, 0.5) is 13.2 Å². The minimum atomic E-state index is -4.28. The van der Waals surface area contributed by atoms with Gasteiger partial charge in [-0.3, -0.25) is 0 Å². The first kappa shape index (κ1) is 9.80. The fourth-order valence-corrected chi connectivity index (χ4v) is 1.66. The van der Waals surface area contributed by atoms with Crippen LogP contribution in [0.15, 0.2) is 0 Å². The van der Waals surface area contributed by atoms with Crippen LogP contribution in [0.5, 0.6) is 0 Å². The molecule has 1 fully saturated rings. The van der Waals surface area contributed by atoms with Crippen molar-refractivity contribution in [2.24, 2.45) is 11.1 Å². The van der Waals surface area contributed by atoms with Crippen molar-refractivity contribution in [2.75, 3.05) is 6.54 Å². The molecule has 0 radical (unpaired) electrons. The Morgan fingerprint density at radius 2 is 2.08 bits per heavy atom. The molecule has 0 aromatic rings. The van der Waals surface area contributed by atoms with Crippen molar-refractivity contribution in [3.63, 3.8) is 0 Å². The van der Waals surface area contributed by atoms with Crippen molar-refractivity contribution in [1.82, 2.24) is 0 Å². The van der Waals surface area contributed by atoms with E-state index in [4.69, 9.17) is 10.8 Å². The molecule has 0 bridgehead atoms. The normalized spacial score (nSPS) is 37.2. The van der Waals surface area contributed by atoms with E-state index in [1.54, 1.807) is 0 Å². The molecular weight excluding hydrogens is 171 g/mol. The Morgan fingerprint density at radius 1 is 1.50 bits per heavy atom. The van der Waals surface area contributed by atoms with Gasteiger partial charge < -0.3 is 10.8 Å². The Hall–Kier alpha value is -0.290. The summed E-state index contributed by atoms with van der Waals surface area (Å²) in [6.45, 7) is -0.423. The maximum atomic E-state index is 12.4. The van der Waals surface area contributed by atoms with Gasteiger partial charge in [0, 0.05) is 6.54 Å². The summed E-state index contributed by atoms with van der Waals surface area (Å²) in [5.74, 6) is 0. The van der Waals surface area contributed by atoms with Crippen LogP contribution in [0.2, 0.25) is 0 Å². The van der Waals surface area contributed by atoms with Gasteiger partial charge in [0.15, 0.2) is 0 Å². The Balaban J connectivity index is 2.78. The summed E-state index contributed by atoms with van der Waals surface area (Å²) in [4.78, 5) is 0. The third kappa shape index (κ3) is 1.43. The van der Waals surface area contributed by atoms with E-state index in [-0.39, 0.29) is 19.3 Å². The van der Waals surface area contributed by atoms with Gasteiger partial charge in [0.25, 0.3) is 0 Å². The van der Waals surface area contributed by atoms with Crippen LogP contribution >= 0.6 is 0 Å². The Kier molecular flexibility index (Phi) is 2.35. The second kappa shape index (κ2) is 2.88. The van der Waals surface area contributed by atoms with Gasteiger partial charge in [-0.25, -0.2) is 0 Å². The van der Waals surface area contributed by atoms with E-state index in [1.165, 1.54) is 0 Å². The molecule has 0 spiro atoms. The molecule has 3 N–H and O–H groups in total. The number of hydrogen-bond donors (Lipinski definition) is 2. The Morgan fingerprint density at radius 3 is 2.25 bits per heavy atom. The monoisotopic (exact) mass is 183 g/mol. The average molecular weight is 183 g/mol. The van der Waals surface area contributed by atoms with Gasteiger partial charge >= 0.3 is 6.18 Å². The summed E-state index contributed by atoms with van der Waals surface area (Å²) in [5.41, 5.74) is 3.26. The highest BCUT2D eigenvalue weighted by atomic mass is 19.4. The quantitative estimate of drug-likeness (QED) is 0.638. The molecule has 0 unspecified atom stereocenters. The predicted octanol–water partition coefficient (Wildman–Crippen LogP) is 1.04. The Bertz CT molecular complexity index is 171. The maximum absolute atomic E-state index is 12.4. The molecule has 2 atom stereocenters. The zero-order chi connectivity index (χ0) is 9.41. The van der Waals surface area contributed by atoms with Crippen LogP contribution < -0.4 is 5.73 Å². The molecule has 0 aromatic heterocycles.